The van der Waals surface area contributed by atoms with Gasteiger partial charge in [0.2, 0.25) is 0 Å². The lowest BCUT2D eigenvalue weighted by Gasteiger charge is -2.32. The van der Waals surface area contributed by atoms with E-state index in [0.29, 0.717) is 23.6 Å². The molecule has 0 bridgehead atoms. The first kappa shape index (κ1) is 18.0. The fourth-order valence-electron chi connectivity index (χ4n) is 3.63. The number of hydrogen-bond acceptors (Lipinski definition) is 2. The normalized spacial score (nSPS) is 23.2. The molecule has 1 aromatic rings. The second-order valence-corrected chi connectivity index (χ2v) is 8.53. The van der Waals surface area contributed by atoms with Crippen molar-refractivity contribution in [3.8, 4) is 0 Å². The number of carbonyl (C=O) groups excluding carboxylic acids is 1. The lowest BCUT2D eigenvalue weighted by Crippen LogP contribution is -2.43. The van der Waals surface area contributed by atoms with Gasteiger partial charge in [0.15, 0.2) is 5.69 Å². The summed E-state index contributed by atoms with van der Waals surface area (Å²) < 4.78 is 1.96. The molecule has 0 spiro atoms. The first-order chi connectivity index (χ1) is 10.6. The third-order valence-electron chi connectivity index (χ3n) is 4.99. The van der Waals surface area contributed by atoms with Gasteiger partial charge in [0, 0.05) is 18.3 Å². The molecule has 1 amide bonds. The Bertz CT molecular complexity index is 553. The maximum absolute atomic E-state index is 13.1. The third kappa shape index (κ3) is 3.96. The van der Waals surface area contributed by atoms with Gasteiger partial charge in [0.05, 0.1) is 5.54 Å². The zero-order chi connectivity index (χ0) is 17.4. The van der Waals surface area contributed by atoms with Crippen LogP contribution in [-0.4, -0.2) is 33.2 Å². The van der Waals surface area contributed by atoms with Gasteiger partial charge in [-0.1, -0.05) is 20.8 Å². The van der Waals surface area contributed by atoms with Crippen LogP contribution >= 0.6 is 0 Å². The lowest BCUT2D eigenvalue weighted by atomic mass is 9.95. The van der Waals surface area contributed by atoms with Crippen molar-refractivity contribution in [3.05, 3.63) is 17.5 Å². The Morgan fingerprint density at radius 1 is 1.26 bits per heavy atom. The summed E-state index contributed by atoms with van der Waals surface area (Å²) in [4.78, 5) is 15.2. The van der Waals surface area contributed by atoms with Crippen LogP contribution in [0.15, 0.2) is 6.07 Å². The maximum Gasteiger partial charge on any atom is 0.274 e. The largest absolute Gasteiger partial charge is 0.334 e. The van der Waals surface area contributed by atoms with Crippen LogP contribution in [0.25, 0.3) is 0 Å². The topological polar surface area (TPSA) is 38.1 Å². The molecule has 2 heterocycles. The third-order valence-corrected chi connectivity index (χ3v) is 4.99. The Morgan fingerprint density at radius 2 is 1.91 bits per heavy atom. The quantitative estimate of drug-likeness (QED) is 0.818. The summed E-state index contributed by atoms with van der Waals surface area (Å²) in [5.41, 5.74) is 1.54. The van der Waals surface area contributed by atoms with E-state index in [1.807, 2.05) is 17.7 Å². The summed E-state index contributed by atoms with van der Waals surface area (Å²) in [5.74, 6) is 1.28. The Balaban J connectivity index is 2.30. The fourth-order valence-corrected chi connectivity index (χ4v) is 3.63. The molecular formula is C19H33N3O. The molecule has 130 valence electrons. The highest BCUT2D eigenvalue weighted by atomic mass is 16.2. The number of rotatable bonds is 2. The second-order valence-electron chi connectivity index (χ2n) is 8.53. The van der Waals surface area contributed by atoms with E-state index >= 15 is 0 Å². The van der Waals surface area contributed by atoms with Gasteiger partial charge in [-0.15, -0.1) is 0 Å². The minimum absolute atomic E-state index is 0.101. The standard InChI is InChI=1S/C19H33N3O/c1-13(2)17-9-8-14(3)10-11-21(17)18(23)16-12-15(4)22(20-16)19(5,6)7/h12-14,17H,8-11H2,1-7H3. The molecular weight excluding hydrogens is 286 g/mol. The predicted octanol–water partition coefficient (Wildman–Crippen LogP) is 4.23. The molecule has 1 aromatic heterocycles. The van der Waals surface area contributed by atoms with Crippen LogP contribution in [-0.2, 0) is 5.54 Å². The van der Waals surface area contributed by atoms with Crippen molar-refractivity contribution in [1.82, 2.24) is 14.7 Å². The van der Waals surface area contributed by atoms with Gasteiger partial charge in [-0.3, -0.25) is 9.48 Å². The van der Waals surface area contributed by atoms with E-state index < -0.39 is 0 Å². The number of aromatic nitrogens is 2. The van der Waals surface area contributed by atoms with Gasteiger partial charge in [0.1, 0.15) is 0 Å². The smallest absolute Gasteiger partial charge is 0.274 e. The van der Waals surface area contributed by atoms with Crippen LogP contribution in [0.4, 0.5) is 0 Å². The zero-order valence-corrected chi connectivity index (χ0v) is 15.9. The van der Waals surface area contributed by atoms with Gasteiger partial charge >= 0.3 is 0 Å². The molecule has 1 fully saturated rings. The molecule has 0 aromatic carbocycles. The van der Waals surface area contributed by atoms with Gasteiger partial charge in [-0.05, 0) is 64.9 Å². The van der Waals surface area contributed by atoms with Crippen LogP contribution in [0.1, 0.15) is 77.0 Å². The molecule has 0 radical (unpaired) electrons. The SMILES string of the molecule is Cc1cc(C(=O)N2CCC(C)CCC2C(C)C)nn1C(C)(C)C. The molecule has 23 heavy (non-hydrogen) atoms. The zero-order valence-electron chi connectivity index (χ0n) is 15.9. The summed E-state index contributed by atoms with van der Waals surface area (Å²) in [5, 5.41) is 4.63. The Kier molecular flexibility index (Phi) is 5.22. The van der Waals surface area contributed by atoms with E-state index in [9.17, 15) is 4.79 Å². The number of amides is 1. The molecule has 0 aliphatic carbocycles. The van der Waals surface area contributed by atoms with E-state index in [1.165, 1.54) is 6.42 Å². The number of carbonyl (C=O) groups is 1. The van der Waals surface area contributed by atoms with Crippen LogP contribution in [0.5, 0.6) is 0 Å². The van der Waals surface area contributed by atoms with Crippen molar-refractivity contribution in [2.45, 2.75) is 79.3 Å². The molecule has 2 unspecified atom stereocenters. The Morgan fingerprint density at radius 3 is 2.43 bits per heavy atom. The second kappa shape index (κ2) is 6.66. The summed E-state index contributed by atoms with van der Waals surface area (Å²) in [7, 11) is 0. The number of nitrogens with zero attached hydrogens (tertiary/aromatic N) is 3. The van der Waals surface area contributed by atoms with Crippen molar-refractivity contribution in [2.75, 3.05) is 6.54 Å². The average molecular weight is 319 g/mol. The highest BCUT2D eigenvalue weighted by Gasteiger charge is 2.32. The first-order valence-corrected chi connectivity index (χ1v) is 8.99. The molecule has 2 atom stereocenters. The Hall–Kier alpha value is -1.32. The van der Waals surface area contributed by atoms with Crippen molar-refractivity contribution < 1.29 is 4.79 Å². The van der Waals surface area contributed by atoms with Gasteiger partial charge in [0.25, 0.3) is 5.91 Å². The molecule has 2 rings (SSSR count). The molecule has 0 N–H and O–H groups in total. The Labute approximate surface area is 141 Å². The summed E-state index contributed by atoms with van der Waals surface area (Å²) in [6, 6.07) is 2.27. The first-order valence-electron chi connectivity index (χ1n) is 8.99. The fraction of sp³-hybridized carbons (Fsp3) is 0.789. The van der Waals surface area contributed by atoms with E-state index in [4.69, 9.17) is 0 Å². The lowest BCUT2D eigenvalue weighted by molar-refractivity contribution is 0.0623. The molecule has 1 aliphatic rings. The minimum Gasteiger partial charge on any atom is -0.334 e. The van der Waals surface area contributed by atoms with E-state index in [1.54, 1.807) is 0 Å². The van der Waals surface area contributed by atoms with Gasteiger partial charge < -0.3 is 4.90 Å². The number of hydrogen-bond donors (Lipinski definition) is 0. The van der Waals surface area contributed by atoms with Crippen molar-refractivity contribution in [1.29, 1.82) is 0 Å². The van der Waals surface area contributed by atoms with Crippen LogP contribution in [0.3, 0.4) is 0 Å². The highest BCUT2D eigenvalue weighted by molar-refractivity contribution is 5.92. The van der Waals surface area contributed by atoms with Gasteiger partial charge in [-0.2, -0.15) is 5.10 Å². The highest BCUT2D eigenvalue weighted by Crippen LogP contribution is 2.27. The number of aryl methyl sites for hydroxylation is 1. The minimum atomic E-state index is -0.104. The molecule has 4 heteroatoms. The van der Waals surface area contributed by atoms with Crippen molar-refractivity contribution in [3.63, 3.8) is 0 Å². The molecule has 1 aliphatic heterocycles. The van der Waals surface area contributed by atoms with Crippen LogP contribution in [0, 0.1) is 18.8 Å². The molecule has 0 saturated carbocycles. The monoisotopic (exact) mass is 319 g/mol. The molecule has 4 nitrogen and oxygen atoms in total. The van der Waals surface area contributed by atoms with Crippen LogP contribution in [0.2, 0.25) is 0 Å². The summed E-state index contributed by atoms with van der Waals surface area (Å²) in [6.07, 6.45) is 3.40. The van der Waals surface area contributed by atoms with E-state index in [-0.39, 0.29) is 11.4 Å². The maximum atomic E-state index is 13.1. The van der Waals surface area contributed by atoms with Crippen molar-refractivity contribution >= 4 is 5.91 Å². The average Bonchev–Trinajstić information content (AvgIpc) is 2.72. The van der Waals surface area contributed by atoms with Crippen molar-refractivity contribution in [2.24, 2.45) is 11.8 Å². The van der Waals surface area contributed by atoms with Crippen LogP contribution < -0.4 is 0 Å². The van der Waals surface area contributed by atoms with E-state index in [2.05, 4.69) is 51.5 Å². The molecule has 1 saturated heterocycles. The predicted molar refractivity (Wildman–Crippen MR) is 94.6 cm³/mol. The van der Waals surface area contributed by atoms with Gasteiger partial charge in [-0.25, -0.2) is 0 Å². The summed E-state index contributed by atoms with van der Waals surface area (Å²) >= 11 is 0. The number of likely N-dealkylation sites (tertiary alicyclic amines) is 1. The van der Waals surface area contributed by atoms with E-state index in [0.717, 1.165) is 25.1 Å². The summed E-state index contributed by atoms with van der Waals surface area (Å²) in [6.45, 7) is 16.0.